The molecule has 0 unspecified atom stereocenters. The summed E-state index contributed by atoms with van der Waals surface area (Å²) in [5.41, 5.74) is 7.64. The monoisotopic (exact) mass is 714 g/mol. The Hall–Kier alpha value is -4.32. The molecule has 3 aromatic heterocycles. The molecule has 12 heteroatoms. The number of aromatic carboxylic acids is 1. The van der Waals surface area contributed by atoms with Crippen LogP contribution < -0.4 is 4.74 Å². The number of aromatic nitrogens is 5. The Morgan fingerprint density at radius 3 is 2.66 bits per heavy atom. The van der Waals surface area contributed by atoms with E-state index < -0.39 is 5.97 Å². The van der Waals surface area contributed by atoms with Crippen LogP contribution in [0.25, 0.3) is 32.9 Å². The second-order valence-electron chi connectivity index (χ2n) is 13.2. The molecule has 6 aromatic rings. The summed E-state index contributed by atoms with van der Waals surface area (Å²) in [4.78, 5) is 15.1. The highest BCUT2D eigenvalue weighted by Gasteiger charge is 2.28. The molecule has 7 rings (SSSR count). The van der Waals surface area contributed by atoms with E-state index in [1.807, 2.05) is 77.5 Å². The molecular formula is C38H40ClFN6O3S. The summed E-state index contributed by atoms with van der Waals surface area (Å²) in [5.74, 6) is 0.793. The Labute approximate surface area is 299 Å². The third kappa shape index (κ3) is 6.61. The van der Waals surface area contributed by atoms with Crippen LogP contribution >= 0.6 is 23.4 Å². The second-order valence-corrected chi connectivity index (χ2v) is 14.6. The molecule has 4 heterocycles. The van der Waals surface area contributed by atoms with Crippen molar-refractivity contribution in [2.75, 3.05) is 27.2 Å². The number of aryl methyl sites for hydroxylation is 5. The van der Waals surface area contributed by atoms with Gasteiger partial charge in [-0.15, -0.1) is 0 Å². The van der Waals surface area contributed by atoms with Crippen LogP contribution in [0.15, 0.2) is 54.7 Å². The molecule has 0 saturated carbocycles. The zero-order chi connectivity index (χ0) is 35.1. The van der Waals surface area contributed by atoms with E-state index in [9.17, 15) is 14.3 Å². The molecule has 8 bridgehead atoms. The summed E-state index contributed by atoms with van der Waals surface area (Å²) in [6.45, 7) is 1.46. The highest BCUT2D eigenvalue weighted by Crippen LogP contribution is 2.42. The number of carbonyl (C=O) groups is 1. The lowest BCUT2D eigenvalue weighted by molar-refractivity contribution is 0.0683. The fourth-order valence-electron chi connectivity index (χ4n) is 7.12. The lowest BCUT2D eigenvalue weighted by Crippen LogP contribution is -2.21. The molecule has 0 spiro atoms. The summed E-state index contributed by atoms with van der Waals surface area (Å²) in [7, 11) is 7.83. The van der Waals surface area contributed by atoms with Gasteiger partial charge in [-0.05, 0) is 92.7 Å². The summed E-state index contributed by atoms with van der Waals surface area (Å²) >= 11 is 8.81. The highest BCUT2D eigenvalue weighted by atomic mass is 35.5. The van der Waals surface area contributed by atoms with Crippen molar-refractivity contribution in [3.05, 3.63) is 99.3 Å². The largest absolute Gasteiger partial charge is 0.493 e. The molecule has 50 heavy (non-hydrogen) atoms. The van der Waals surface area contributed by atoms with E-state index in [1.165, 1.54) is 6.07 Å². The van der Waals surface area contributed by atoms with Crippen molar-refractivity contribution in [2.45, 2.75) is 43.7 Å². The Kier molecular flexibility index (Phi) is 9.65. The quantitative estimate of drug-likeness (QED) is 0.202. The lowest BCUT2D eigenvalue weighted by Gasteiger charge is -2.17. The number of nitrogens with zero attached hydrogens (tertiary/aromatic N) is 6. The Bertz CT molecular complexity index is 2240. The number of halogens is 2. The number of benzene rings is 3. The highest BCUT2D eigenvalue weighted by molar-refractivity contribution is 7.97. The van der Waals surface area contributed by atoms with Gasteiger partial charge in [0.2, 0.25) is 0 Å². The first-order chi connectivity index (χ1) is 24.1. The molecule has 0 radical (unpaired) electrons. The lowest BCUT2D eigenvalue weighted by atomic mass is 10.0. The zero-order valence-corrected chi connectivity index (χ0v) is 30.2. The summed E-state index contributed by atoms with van der Waals surface area (Å²) in [6, 6.07) is 14.8. The first-order valence-electron chi connectivity index (χ1n) is 16.8. The molecule has 0 saturated heterocycles. The number of hydrogen-bond acceptors (Lipinski definition) is 6. The van der Waals surface area contributed by atoms with Gasteiger partial charge in [-0.2, -0.15) is 22.0 Å². The van der Waals surface area contributed by atoms with Crippen LogP contribution in [-0.2, 0) is 51.4 Å². The van der Waals surface area contributed by atoms with E-state index in [4.69, 9.17) is 21.4 Å². The molecule has 1 N–H and O–H groups in total. The van der Waals surface area contributed by atoms with Crippen molar-refractivity contribution in [1.82, 2.24) is 29.0 Å². The predicted octanol–water partition coefficient (Wildman–Crippen LogP) is 7.52. The van der Waals surface area contributed by atoms with Crippen molar-refractivity contribution in [2.24, 2.45) is 14.1 Å². The molecule has 260 valence electrons. The number of carboxylic acids is 1. The van der Waals surface area contributed by atoms with E-state index in [-0.39, 0.29) is 11.5 Å². The zero-order valence-electron chi connectivity index (χ0n) is 28.7. The molecule has 0 fully saturated rings. The Morgan fingerprint density at radius 1 is 1.04 bits per heavy atom. The van der Waals surface area contributed by atoms with Crippen LogP contribution in [0.3, 0.4) is 0 Å². The molecule has 0 amide bonds. The number of ether oxygens (including phenoxy) is 1. The molecule has 0 atom stereocenters. The Morgan fingerprint density at radius 2 is 1.86 bits per heavy atom. The molecule has 1 aliphatic rings. The minimum atomic E-state index is -0.983. The van der Waals surface area contributed by atoms with Gasteiger partial charge in [0.05, 0.1) is 34.7 Å². The SMILES string of the molecule is CN(C)CCn1c(C(=O)O)c2c3ccc(Cl)c(c31)-c1c(cnn1C)CSCc1cc(n(C)n1)CCc1cc(c3ccc(F)cc3c1)OCCC2. The number of thioether (sulfide) groups is 1. The third-order valence-electron chi connectivity index (χ3n) is 9.47. The normalized spacial score (nSPS) is 14.2. The van der Waals surface area contributed by atoms with Crippen molar-refractivity contribution in [1.29, 1.82) is 0 Å². The van der Waals surface area contributed by atoms with Crippen molar-refractivity contribution >= 4 is 51.0 Å². The minimum Gasteiger partial charge on any atom is -0.493 e. The van der Waals surface area contributed by atoms with Crippen LogP contribution in [0.1, 0.15) is 45.0 Å². The van der Waals surface area contributed by atoms with Crippen molar-refractivity contribution < 1.29 is 19.0 Å². The standard InChI is InChI=1S/C38H40ClFN6O3S/c1-43(2)13-14-46-36-31-11-12-32(39)34(36)35-25(20-41-45(35)4)21-50-22-27-19-28(44(3)42-27)9-7-23-16-24-18-26(40)8-10-29(24)33(17-23)49-15-5-6-30(31)37(46)38(47)48/h8,10-12,16-20H,5-7,9,13-15,21-22H2,1-4H3,(H,47,48). The van der Waals surface area contributed by atoms with Crippen LogP contribution in [-0.4, -0.2) is 67.4 Å². The first-order valence-corrected chi connectivity index (χ1v) is 18.3. The summed E-state index contributed by atoms with van der Waals surface area (Å²) < 4.78 is 26.5. The van der Waals surface area contributed by atoms with Gasteiger partial charge < -0.3 is 19.3 Å². The van der Waals surface area contributed by atoms with Crippen LogP contribution in [0.4, 0.5) is 4.39 Å². The maximum Gasteiger partial charge on any atom is 0.352 e. The Balaban J connectivity index is 1.37. The predicted molar refractivity (Wildman–Crippen MR) is 198 cm³/mol. The fraction of sp³-hybridized carbons (Fsp3) is 0.342. The van der Waals surface area contributed by atoms with Gasteiger partial charge in [0, 0.05) is 66.3 Å². The number of carboxylic acid groups (broad SMARTS) is 1. The molecule has 1 aliphatic heterocycles. The fourth-order valence-corrected chi connectivity index (χ4v) is 8.25. The third-order valence-corrected chi connectivity index (χ3v) is 10.8. The van der Waals surface area contributed by atoms with Gasteiger partial charge in [-0.3, -0.25) is 9.36 Å². The minimum absolute atomic E-state index is 0.263. The number of hydrogen-bond donors (Lipinski definition) is 1. The van der Waals surface area contributed by atoms with Gasteiger partial charge in [0.1, 0.15) is 17.3 Å². The topological polar surface area (TPSA) is 90.3 Å². The van der Waals surface area contributed by atoms with Crippen LogP contribution in [0.2, 0.25) is 5.02 Å². The number of fused-ring (bicyclic) bond motifs is 8. The smallest absolute Gasteiger partial charge is 0.352 e. The molecule has 3 aromatic carbocycles. The number of likely N-dealkylation sites (N-methyl/N-ethyl adjacent to an activating group) is 1. The molecule has 0 aliphatic carbocycles. The first kappa shape index (κ1) is 34.1. The van der Waals surface area contributed by atoms with E-state index in [1.54, 1.807) is 23.9 Å². The van der Waals surface area contributed by atoms with E-state index in [0.29, 0.717) is 54.8 Å². The van der Waals surface area contributed by atoms with Gasteiger partial charge in [0.15, 0.2) is 0 Å². The van der Waals surface area contributed by atoms with Crippen LogP contribution in [0, 0.1) is 5.82 Å². The summed E-state index contributed by atoms with van der Waals surface area (Å²) in [6.07, 6.45) is 4.45. The summed E-state index contributed by atoms with van der Waals surface area (Å²) in [5, 5.41) is 23.2. The van der Waals surface area contributed by atoms with Gasteiger partial charge in [-0.1, -0.05) is 23.7 Å². The van der Waals surface area contributed by atoms with E-state index in [0.717, 1.165) is 73.9 Å². The maximum atomic E-state index is 14.4. The average molecular weight is 715 g/mol. The average Bonchev–Trinajstić information content (AvgIpc) is 3.72. The van der Waals surface area contributed by atoms with Crippen molar-refractivity contribution in [3.63, 3.8) is 0 Å². The number of rotatable bonds is 4. The van der Waals surface area contributed by atoms with Gasteiger partial charge >= 0.3 is 5.97 Å². The molecule has 9 nitrogen and oxygen atoms in total. The maximum absolute atomic E-state index is 14.4. The second kappa shape index (κ2) is 14.1. The van der Waals surface area contributed by atoms with E-state index in [2.05, 4.69) is 11.2 Å². The van der Waals surface area contributed by atoms with Gasteiger partial charge in [0.25, 0.3) is 0 Å². The van der Waals surface area contributed by atoms with Gasteiger partial charge in [-0.25, -0.2) is 9.18 Å². The molecular weight excluding hydrogens is 675 g/mol. The van der Waals surface area contributed by atoms with Crippen molar-refractivity contribution in [3.8, 4) is 17.0 Å². The van der Waals surface area contributed by atoms with E-state index >= 15 is 0 Å². The van der Waals surface area contributed by atoms with Crippen LogP contribution in [0.5, 0.6) is 5.75 Å².